The molecule has 2 aliphatic heterocycles. The highest BCUT2D eigenvalue weighted by Gasteiger charge is 2.29. The molecule has 5 nitrogen and oxygen atoms in total. The molecule has 0 saturated carbocycles. The smallest absolute Gasteiger partial charge is 0.282 e. The second-order valence-electron chi connectivity index (χ2n) is 8.45. The van der Waals surface area contributed by atoms with Crippen LogP contribution in [0.4, 0.5) is 5.69 Å². The number of hydrogen-bond acceptors (Lipinski definition) is 2. The van der Waals surface area contributed by atoms with E-state index in [0.717, 1.165) is 63.5 Å². The van der Waals surface area contributed by atoms with Crippen LogP contribution in [0.5, 0.6) is 5.75 Å². The predicted molar refractivity (Wildman–Crippen MR) is 115 cm³/mol. The monoisotopic (exact) mass is 395 g/mol. The summed E-state index contributed by atoms with van der Waals surface area (Å²) < 4.78 is 5.54. The molecule has 2 aromatic rings. The van der Waals surface area contributed by atoms with Crippen molar-refractivity contribution in [2.75, 3.05) is 51.3 Å². The Bertz CT molecular complexity index is 859. The van der Waals surface area contributed by atoms with Gasteiger partial charge >= 0.3 is 0 Å². The zero-order valence-corrected chi connectivity index (χ0v) is 17.7. The van der Waals surface area contributed by atoms with E-state index in [1.165, 1.54) is 21.6 Å². The van der Waals surface area contributed by atoms with Crippen LogP contribution in [0.1, 0.15) is 23.1 Å². The number of aryl methyl sites for hydroxylation is 2. The van der Waals surface area contributed by atoms with E-state index < -0.39 is 0 Å². The lowest BCUT2D eigenvalue weighted by Gasteiger charge is -2.33. The summed E-state index contributed by atoms with van der Waals surface area (Å²) in [5.74, 6) is 1.26. The molecule has 0 unspecified atom stereocenters. The van der Waals surface area contributed by atoms with Gasteiger partial charge in [-0.05, 0) is 43.5 Å². The van der Waals surface area contributed by atoms with E-state index in [2.05, 4.69) is 43.3 Å². The number of anilines is 1. The van der Waals surface area contributed by atoms with Crippen LogP contribution in [0.2, 0.25) is 0 Å². The van der Waals surface area contributed by atoms with Crippen LogP contribution >= 0.6 is 0 Å². The SMILES string of the molecule is COc1ccc(C)cc1C[NH+]1CC[NH+](CC(=O)N2CCCc3ccccc32)CC1. The molecule has 1 fully saturated rings. The first-order valence-electron chi connectivity index (χ1n) is 10.8. The number of nitrogens with zero attached hydrogens (tertiary/aromatic N) is 1. The van der Waals surface area contributed by atoms with Gasteiger partial charge in [-0.15, -0.1) is 0 Å². The Hall–Kier alpha value is -2.37. The van der Waals surface area contributed by atoms with Crippen LogP contribution < -0.4 is 19.4 Å². The van der Waals surface area contributed by atoms with E-state index in [0.29, 0.717) is 6.54 Å². The van der Waals surface area contributed by atoms with Gasteiger partial charge in [-0.3, -0.25) is 4.79 Å². The molecular weight excluding hydrogens is 362 g/mol. The van der Waals surface area contributed by atoms with E-state index in [-0.39, 0.29) is 5.91 Å². The Morgan fingerprint density at radius 3 is 2.62 bits per heavy atom. The zero-order chi connectivity index (χ0) is 20.2. The summed E-state index contributed by atoms with van der Waals surface area (Å²) in [7, 11) is 1.75. The highest BCUT2D eigenvalue weighted by Crippen LogP contribution is 2.26. The van der Waals surface area contributed by atoms with Crippen molar-refractivity contribution in [3.63, 3.8) is 0 Å². The van der Waals surface area contributed by atoms with Crippen LogP contribution in [-0.2, 0) is 17.8 Å². The zero-order valence-electron chi connectivity index (χ0n) is 17.7. The number of carbonyl (C=O) groups excluding carboxylic acids is 1. The van der Waals surface area contributed by atoms with E-state index in [9.17, 15) is 4.79 Å². The van der Waals surface area contributed by atoms with E-state index in [1.807, 2.05) is 11.0 Å². The third-order valence-electron chi connectivity index (χ3n) is 6.35. The Morgan fingerprint density at radius 2 is 1.83 bits per heavy atom. The van der Waals surface area contributed by atoms with Crippen molar-refractivity contribution in [1.29, 1.82) is 0 Å². The van der Waals surface area contributed by atoms with Gasteiger partial charge in [-0.25, -0.2) is 0 Å². The fourth-order valence-corrected chi connectivity index (χ4v) is 4.73. The maximum Gasteiger partial charge on any atom is 0.282 e. The minimum atomic E-state index is 0.274. The Morgan fingerprint density at radius 1 is 1.07 bits per heavy atom. The fourth-order valence-electron chi connectivity index (χ4n) is 4.73. The number of benzene rings is 2. The molecule has 0 aromatic heterocycles. The number of methoxy groups -OCH3 is 1. The molecule has 1 saturated heterocycles. The minimum Gasteiger partial charge on any atom is -0.496 e. The molecular formula is C24H33N3O2+2. The summed E-state index contributed by atoms with van der Waals surface area (Å²) in [4.78, 5) is 18.0. The molecule has 5 heteroatoms. The molecule has 2 aromatic carbocycles. The van der Waals surface area contributed by atoms with Crippen molar-refractivity contribution in [3.8, 4) is 5.75 Å². The third-order valence-corrected chi connectivity index (χ3v) is 6.35. The van der Waals surface area contributed by atoms with Gasteiger partial charge in [0, 0.05) is 17.8 Å². The number of piperazine rings is 1. The Kier molecular flexibility index (Phi) is 6.16. The van der Waals surface area contributed by atoms with Crippen LogP contribution in [0.15, 0.2) is 42.5 Å². The first-order chi connectivity index (χ1) is 14.1. The van der Waals surface area contributed by atoms with E-state index >= 15 is 0 Å². The number of fused-ring (bicyclic) bond motifs is 1. The summed E-state index contributed by atoms with van der Waals surface area (Å²) in [6, 6.07) is 14.8. The van der Waals surface area contributed by atoms with Crippen molar-refractivity contribution in [3.05, 3.63) is 59.2 Å². The maximum atomic E-state index is 13.0. The Balaban J connectivity index is 1.32. The first kappa shape index (κ1) is 19.9. The fraction of sp³-hybridized carbons (Fsp3) is 0.458. The van der Waals surface area contributed by atoms with E-state index in [4.69, 9.17) is 4.74 Å². The lowest BCUT2D eigenvalue weighted by atomic mass is 10.0. The van der Waals surface area contributed by atoms with Crippen LogP contribution in [0.25, 0.3) is 0 Å². The number of carbonyl (C=O) groups is 1. The molecule has 1 amide bonds. The maximum absolute atomic E-state index is 13.0. The number of nitrogens with one attached hydrogen (secondary N) is 2. The number of rotatable bonds is 5. The highest BCUT2D eigenvalue weighted by atomic mass is 16.5. The summed E-state index contributed by atoms with van der Waals surface area (Å²) in [6.07, 6.45) is 2.14. The quantitative estimate of drug-likeness (QED) is 0.763. The molecule has 2 heterocycles. The number of para-hydroxylation sites is 1. The summed E-state index contributed by atoms with van der Waals surface area (Å²) in [5.41, 5.74) is 4.99. The number of quaternary nitrogens is 2. The van der Waals surface area contributed by atoms with Gasteiger partial charge in [0.05, 0.1) is 7.11 Å². The summed E-state index contributed by atoms with van der Waals surface area (Å²) in [5, 5.41) is 0. The van der Waals surface area contributed by atoms with Crippen LogP contribution in [0, 0.1) is 6.92 Å². The predicted octanol–water partition coefficient (Wildman–Crippen LogP) is 0.266. The normalized spacial score (nSPS) is 21.5. The standard InChI is InChI=1S/C24H31N3O2/c1-19-9-10-23(29-2)21(16-19)17-25-12-14-26(15-13-25)18-24(28)27-11-5-7-20-6-3-4-8-22(20)27/h3-4,6,8-10,16H,5,7,11-15,17-18H2,1-2H3/p+2. The lowest BCUT2D eigenvalue weighted by molar-refractivity contribution is -1.02. The highest BCUT2D eigenvalue weighted by molar-refractivity contribution is 5.95. The minimum absolute atomic E-state index is 0.274. The first-order valence-corrected chi connectivity index (χ1v) is 10.8. The van der Waals surface area contributed by atoms with Crippen molar-refractivity contribution in [2.24, 2.45) is 0 Å². The van der Waals surface area contributed by atoms with Gasteiger partial charge in [0.15, 0.2) is 6.54 Å². The molecule has 0 radical (unpaired) electrons. The Labute approximate surface area is 173 Å². The molecule has 0 bridgehead atoms. The second kappa shape index (κ2) is 8.97. The molecule has 2 aliphatic rings. The van der Waals surface area contributed by atoms with Crippen molar-refractivity contribution in [2.45, 2.75) is 26.3 Å². The van der Waals surface area contributed by atoms with Crippen LogP contribution in [0.3, 0.4) is 0 Å². The molecule has 4 rings (SSSR count). The average molecular weight is 396 g/mol. The molecule has 0 spiro atoms. The van der Waals surface area contributed by atoms with Crippen LogP contribution in [-0.4, -0.2) is 52.3 Å². The number of hydrogen-bond donors (Lipinski definition) is 2. The van der Waals surface area contributed by atoms with Crippen molar-refractivity contribution in [1.82, 2.24) is 0 Å². The van der Waals surface area contributed by atoms with Gasteiger partial charge in [0.2, 0.25) is 0 Å². The van der Waals surface area contributed by atoms with E-state index in [1.54, 1.807) is 12.0 Å². The summed E-state index contributed by atoms with van der Waals surface area (Å²) >= 11 is 0. The van der Waals surface area contributed by atoms with Gasteiger partial charge in [0.25, 0.3) is 5.91 Å². The lowest BCUT2D eigenvalue weighted by Crippen LogP contribution is -3.28. The van der Waals surface area contributed by atoms with Crippen molar-refractivity contribution < 1.29 is 19.3 Å². The number of amides is 1. The molecule has 0 atom stereocenters. The van der Waals surface area contributed by atoms with Gasteiger partial charge < -0.3 is 19.4 Å². The molecule has 154 valence electrons. The van der Waals surface area contributed by atoms with Gasteiger partial charge in [0.1, 0.15) is 38.5 Å². The summed E-state index contributed by atoms with van der Waals surface area (Å²) in [6.45, 7) is 8.86. The molecule has 29 heavy (non-hydrogen) atoms. The molecule has 2 N–H and O–H groups in total. The molecule has 0 aliphatic carbocycles. The topological polar surface area (TPSA) is 38.4 Å². The van der Waals surface area contributed by atoms with Gasteiger partial charge in [-0.2, -0.15) is 0 Å². The average Bonchev–Trinajstić information content (AvgIpc) is 2.75. The van der Waals surface area contributed by atoms with Crippen molar-refractivity contribution >= 4 is 11.6 Å². The number of ether oxygens (including phenoxy) is 1. The van der Waals surface area contributed by atoms with Gasteiger partial charge in [-0.1, -0.05) is 29.8 Å². The second-order valence-corrected chi connectivity index (χ2v) is 8.45. The largest absolute Gasteiger partial charge is 0.496 e. The third kappa shape index (κ3) is 4.62.